The van der Waals surface area contributed by atoms with Gasteiger partial charge in [0, 0.05) is 22.7 Å². The molecule has 158 valence electrons. The average molecular weight is 518 g/mol. The van der Waals surface area contributed by atoms with Crippen molar-refractivity contribution in [3.05, 3.63) is 60.8 Å². The van der Waals surface area contributed by atoms with Gasteiger partial charge in [-0.05, 0) is 33.6 Å². The van der Waals surface area contributed by atoms with Crippen LogP contribution >= 0.6 is 39.1 Å². The maximum Gasteiger partial charge on any atom is 0.350 e. The number of amides is 1. The van der Waals surface area contributed by atoms with Crippen molar-refractivity contribution in [2.75, 3.05) is 12.4 Å². The Morgan fingerprint density at radius 2 is 2.07 bits per heavy atom. The zero-order valence-electron chi connectivity index (χ0n) is 15.5. The number of halogens is 3. The van der Waals surface area contributed by atoms with Gasteiger partial charge in [-0.1, -0.05) is 29.3 Å². The van der Waals surface area contributed by atoms with E-state index in [1.54, 1.807) is 29.1 Å². The van der Waals surface area contributed by atoms with E-state index in [9.17, 15) is 14.9 Å². The zero-order chi connectivity index (χ0) is 21.8. The van der Waals surface area contributed by atoms with E-state index in [-0.39, 0.29) is 30.4 Å². The molecule has 0 aliphatic heterocycles. The van der Waals surface area contributed by atoms with Crippen LogP contribution in [0.15, 0.2) is 35.1 Å². The molecule has 0 spiro atoms. The first kappa shape index (κ1) is 22.1. The number of aryl methyl sites for hydroxylation is 1. The second kappa shape index (κ2) is 9.45. The maximum atomic E-state index is 12.3. The molecular weight excluding hydrogens is 503 g/mol. The highest BCUT2D eigenvalue weighted by Crippen LogP contribution is 2.26. The fourth-order valence-electron chi connectivity index (χ4n) is 2.58. The van der Waals surface area contributed by atoms with Gasteiger partial charge in [0.05, 0.1) is 29.6 Å². The second-order valence-corrected chi connectivity index (χ2v) is 7.80. The van der Waals surface area contributed by atoms with Crippen LogP contribution in [-0.4, -0.2) is 37.5 Å². The van der Waals surface area contributed by atoms with Crippen molar-refractivity contribution >= 4 is 56.5 Å². The van der Waals surface area contributed by atoms with E-state index in [0.717, 1.165) is 5.56 Å². The lowest BCUT2D eigenvalue weighted by molar-refractivity contribution is -0.385. The molecule has 0 saturated carbocycles. The Bertz CT molecular complexity index is 1100. The molecule has 2 aromatic heterocycles. The fraction of sp³-hybridized carbons (Fsp3) is 0.235. The number of rotatable bonds is 8. The summed E-state index contributed by atoms with van der Waals surface area (Å²) in [5, 5.41) is 23.0. The third-order valence-electron chi connectivity index (χ3n) is 3.99. The number of benzene rings is 1. The Morgan fingerprint density at radius 1 is 1.30 bits per heavy atom. The maximum absolute atomic E-state index is 12.3. The molecule has 0 saturated heterocycles. The number of nitrogens with one attached hydrogen (secondary N) is 1. The zero-order valence-corrected chi connectivity index (χ0v) is 18.6. The summed E-state index contributed by atoms with van der Waals surface area (Å²) >= 11 is 15.5. The molecule has 1 N–H and O–H groups in total. The van der Waals surface area contributed by atoms with Gasteiger partial charge in [-0.2, -0.15) is 5.10 Å². The fourth-order valence-corrected chi connectivity index (χ4v) is 3.46. The molecule has 1 amide bonds. The van der Waals surface area contributed by atoms with E-state index >= 15 is 0 Å². The van der Waals surface area contributed by atoms with Crippen LogP contribution in [0.3, 0.4) is 0 Å². The first-order valence-electron chi connectivity index (χ1n) is 8.49. The number of methoxy groups -OCH3 is 1. The number of nitro groups is 1. The van der Waals surface area contributed by atoms with Crippen molar-refractivity contribution in [3.8, 4) is 5.88 Å². The molecule has 30 heavy (non-hydrogen) atoms. The normalized spacial score (nSPS) is 10.8. The minimum Gasteiger partial charge on any atom is -0.475 e. The van der Waals surface area contributed by atoms with Crippen molar-refractivity contribution in [2.24, 2.45) is 0 Å². The van der Waals surface area contributed by atoms with E-state index in [2.05, 4.69) is 31.4 Å². The van der Waals surface area contributed by atoms with Crippen LogP contribution in [0.4, 0.5) is 11.5 Å². The van der Waals surface area contributed by atoms with E-state index < -0.39 is 4.92 Å². The lowest BCUT2D eigenvalue weighted by atomic mass is 10.2. The summed E-state index contributed by atoms with van der Waals surface area (Å²) in [4.78, 5) is 22.6. The predicted octanol–water partition coefficient (Wildman–Crippen LogP) is 4.14. The van der Waals surface area contributed by atoms with Gasteiger partial charge < -0.3 is 10.1 Å². The molecule has 3 rings (SSSR count). The number of hydrogen-bond donors (Lipinski definition) is 1. The lowest BCUT2D eigenvalue weighted by Gasteiger charge is -2.05. The van der Waals surface area contributed by atoms with Gasteiger partial charge in [0.1, 0.15) is 6.20 Å². The summed E-state index contributed by atoms with van der Waals surface area (Å²) in [6, 6.07) is 5.18. The first-order valence-corrected chi connectivity index (χ1v) is 10.0. The summed E-state index contributed by atoms with van der Waals surface area (Å²) in [5.74, 6) is -0.0977. The summed E-state index contributed by atoms with van der Waals surface area (Å²) in [6.07, 6.45) is 2.96. The largest absolute Gasteiger partial charge is 0.475 e. The molecule has 10 nitrogen and oxygen atoms in total. The van der Waals surface area contributed by atoms with Crippen LogP contribution in [0.1, 0.15) is 12.0 Å². The van der Waals surface area contributed by atoms with Gasteiger partial charge in [-0.15, -0.1) is 5.10 Å². The third kappa shape index (κ3) is 5.29. The highest BCUT2D eigenvalue weighted by molar-refractivity contribution is 9.10. The smallest absolute Gasteiger partial charge is 0.350 e. The first-order chi connectivity index (χ1) is 14.3. The Hall–Kier alpha value is -2.63. The molecule has 0 aliphatic rings. The Labute approximate surface area is 189 Å². The number of carbonyl (C=O) groups excluding carboxylic acids is 1. The van der Waals surface area contributed by atoms with Crippen molar-refractivity contribution in [3.63, 3.8) is 0 Å². The van der Waals surface area contributed by atoms with Crippen molar-refractivity contribution in [1.82, 2.24) is 19.6 Å². The molecule has 0 unspecified atom stereocenters. The minimum absolute atomic E-state index is 0.0320. The summed E-state index contributed by atoms with van der Waals surface area (Å²) in [7, 11) is 1.29. The van der Waals surface area contributed by atoms with Gasteiger partial charge in [-0.3, -0.25) is 24.3 Å². The van der Waals surface area contributed by atoms with Crippen LogP contribution < -0.4 is 10.1 Å². The Kier molecular flexibility index (Phi) is 6.95. The van der Waals surface area contributed by atoms with Crippen LogP contribution in [0.5, 0.6) is 5.88 Å². The van der Waals surface area contributed by atoms with E-state index in [4.69, 9.17) is 27.9 Å². The molecule has 1 aromatic carbocycles. The predicted molar refractivity (Wildman–Crippen MR) is 114 cm³/mol. The van der Waals surface area contributed by atoms with Crippen LogP contribution in [0.25, 0.3) is 0 Å². The van der Waals surface area contributed by atoms with E-state index in [1.165, 1.54) is 18.0 Å². The lowest BCUT2D eigenvalue weighted by Crippen LogP contribution is -2.15. The summed E-state index contributed by atoms with van der Waals surface area (Å²) in [6.45, 7) is 0.524. The number of aromatic nitrogens is 4. The third-order valence-corrected chi connectivity index (χ3v) is 5.16. The Balaban J connectivity index is 1.61. The SMILES string of the molecule is COc1nn(CCC(=O)Nc2nn(Cc3ccc(Cl)cc3Cl)cc2Br)cc1[N+](=O)[O-]. The van der Waals surface area contributed by atoms with Gasteiger partial charge in [0.2, 0.25) is 5.91 Å². The molecule has 3 aromatic rings. The van der Waals surface area contributed by atoms with E-state index in [1.807, 2.05) is 0 Å². The molecule has 13 heteroatoms. The number of ether oxygens (including phenoxy) is 1. The molecule has 0 atom stereocenters. The van der Waals surface area contributed by atoms with Crippen LogP contribution in [-0.2, 0) is 17.9 Å². The number of carbonyl (C=O) groups is 1. The number of anilines is 1. The van der Waals surface area contributed by atoms with Crippen molar-refractivity contribution < 1.29 is 14.5 Å². The van der Waals surface area contributed by atoms with Gasteiger partial charge >= 0.3 is 11.6 Å². The van der Waals surface area contributed by atoms with Gasteiger partial charge in [0.25, 0.3) is 0 Å². The molecule has 0 aliphatic carbocycles. The molecule has 0 bridgehead atoms. The van der Waals surface area contributed by atoms with Crippen LogP contribution in [0.2, 0.25) is 10.0 Å². The van der Waals surface area contributed by atoms with Crippen molar-refractivity contribution in [1.29, 1.82) is 0 Å². The summed E-state index contributed by atoms with van der Waals surface area (Å²) < 4.78 is 8.36. The molecule has 2 heterocycles. The van der Waals surface area contributed by atoms with Gasteiger partial charge in [-0.25, -0.2) is 0 Å². The Morgan fingerprint density at radius 3 is 2.70 bits per heavy atom. The average Bonchev–Trinajstić information content (AvgIpc) is 3.26. The van der Waals surface area contributed by atoms with E-state index in [0.29, 0.717) is 26.9 Å². The summed E-state index contributed by atoms with van der Waals surface area (Å²) in [5.41, 5.74) is 0.559. The molecular formula is C17H15BrCl2N6O4. The quantitative estimate of drug-likeness (QED) is 0.354. The standard InChI is InChI=1S/C17H15BrCl2N6O4/c1-30-17-14(26(28)29)9-24(23-17)5-4-15(27)21-16-12(18)8-25(22-16)7-10-2-3-11(19)6-13(10)20/h2-3,6,8-9H,4-5,7H2,1H3,(H,21,22,27). The number of nitrogens with zero attached hydrogens (tertiary/aromatic N) is 5. The highest BCUT2D eigenvalue weighted by Gasteiger charge is 2.20. The van der Waals surface area contributed by atoms with Crippen molar-refractivity contribution in [2.45, 2.75) is 19.5 Å². The van der Waals surface area contributed by atoms with Gasteiger partial charge in [0.15, 0.2) is 5.82 Å². The minimum atomic E-state index is -0.598. The topological polar surface area (TPSA) is 117 Å². The highest BCUT2D eigenvalue weighted by atomic mass is 79.9. The molecule has 0 fully saturated rings. The monoisotopic (exact) mass is 516 g/mol. The van der Waals surface area contributed by atoms with Crippen LogP contribution in [0, 0.1) is 10.1 Å². The molecule has 0 radical (unpaired) electrons. The second-order valence-electron chi connectivity index (χ2n) is 6.10. The number of hydrogen-bond acceptors (Lipinski definition) is 6.